The summed E-state index contributed by atoms with van der Waals surface area (Å²) in [6, 6.07) is 0. The summed E-state index contributed by atoms with van der Waals surface area (Å²) >= 11 is 0. The molecule has 1 heterocycles. The predicted octanol–water partition coefficient (Wildman–Crippen LogP) is 2.33. The molecule has 1 aliphatic rings. The van der Waals surface area contributed by atoms with Crippen molar-refractivity contribution in [3.8, 4) is 0 Å². The SMILES string of the molecule is CCC[C@@]1(C)COC(C)(C)O1. The third kappa shape index (κ3) is 2.17. The lowest BCUT2D eigenvalue weighted by atomic mass is 10.0. The summed E-state index contributed by atoms with van der Waals surface area (Å²) in [6.07, 6.45) is 2.23. The Labute approximate surface area is 68.9 Å². The Balaban J connectivity index is 2.51. The summed E-state index contributed by atoms with van der Waals surface area (Å²) < 4.78 is 11.2. The van der Waals surface area contributed by atoms with Gasteiger partial charge in [-0.25, -0.2) is 0 Å². The van der Waals surface area contributed by atoms with Gasteiger partial charge in [0.25, 0.3) is 0 Å². The summed E-state index contributed by atoms with van der Waals surface area (Å²) in [5.74, 6) is -0.371. The highest BCUT2D eigenvalue weighted by atomic mass is 16.7. The molecule has 0 aromatic heterocycles. The number of rotatable bonds is 2. The van der Waals surface area contributed by atoms with Crippen molar-refractivity contribution in [2.24, 2.45) is 0 Å². The molecular formula is C9H18O2. The van der Waals surface area contributed by atoms with Gasteiger partial charge in [-0.3, -0.25) is 0 Å². The van der Waals surface area contributed by atoms with E-state index in [0.29, 0.717) is 0 Å². The molecule has 0 aliphatic carbocycles. The van der Waals surface area contributed by atoms with Gasteiger partial charge in [-0.15, -0.1) is 0 Å². The third-order valence-electron chi connectivity index (χ3n) is 2.00. The van der Waals surface area contributed by atoms with E-state index in [9.17, 15) is 0 Å². The molecule has 1 aliphatic heterocycles. The Morgan fingerprint density at radius 3 is 2.27 bits per heavy atom. The molecule has 0 aromatic carbocycles. The van der Waals surface area contributed by atoms with E-state index in [4.69, 9.17) is 9.47 Å². The maximum Gasteiger partial charge on any atom is 0.163 e. The average molecular weight is 158 g/mol. The predicted molar refractivity (Wildman–Crippen MR) is 44.4 cm³/mol. The topological polar surface area (TPSA) is 18.5 Å². The van der Waals surface area contributed by atoms with Gasteiger partial charge in [0.05, 0.1) is 12.2 Å². The molecular weight excluding hydrogens is 140 g/mol. The summed E-state index contributed by atoms with van der Waals surface area (Å²) in [4.78, 5) is 0. The minimum absolute atomic E-state index is 0.0434. The Bertz CT molecular complexity index is 142. The van der Waals surface area contributed by atoms with E-state index >= 15 is 0 Å². The van der Waals surface area contributed by atoms with Gasteiger partial charge in [-0.1, -0.05) is 13.3 Å². The van der Waals surface area contributed by atoms with Crippen LogP contribution in [0.2, 0.25) is 0 Å². The van der Waals surface area contributed by atoms with Crippen LogP contribution in [0.25, 0.3) is 0 Å². The van der Waals surface area contributed by atoms with Gasteiger partial charge in [-0.2, -0.15) is 0 Å². The Hall–Kier alpha value is -0.0800. The molecule has 1 atom stereocenters. The lowest BCUT2D eigenvalue weighted by molar-refractivity contribution is -0.158. The maximum atomic E-state index is 5.75. The van der Waals surface area contributed by atoms with Gasteiger partial charge in [-0.05, 0) is 27.2 Å². The zero-order valence-electron chi connectivity index (χ0n) is 7.94. The van der Waals surface area contributed by atoms with E-state index in [1.807, 2.05) is 13.8 Å². The molecule has 11 heavy (non-hydrogen) atoms. The van der Waals surface area contributed by atoms with Crippen LogP contribution in [0, 0.1) is 0 Å². The Morgan fingerprint density at radius 1 is 1.27 bits per heavy atom. The molecule has 2 nitrogen and oxygen atoms in total. The van der Waals surface area contributed by atoms with Crippen molar-refractivity contribution in [1.29, 1.82) is 0 Å². The molecule has 0 unspecified atom stereocenters. The van der Waals surface area contributed by atoms with Crippen molar-refractivity contribution >= 4 is 0 Å². The van der Waals surface area contributed by atoms with Crippen molar-refractivity contribution < 1.29 is 9.47 Å². The zero-order chi connectivity index (χ0) is 8.54. The van der Waals surface area contributed by atoms with Gasteiger partial charge in [0.2, 0.25) is 0 Å². The van der Waals surface area contributed by atoms with Crippen LogP contribution in [0.1, 0.15) is 40.5 Å². The molecule has 0 aromatic rings. The van der Waals surface area contributed by atoms with Gasteiger partial charge >= 0.3 is 0 Å². The Kier molecular flexibility index (Phi) is 2.26. The van der Waals surface area contributed by atoms with Gasteiger partial charge in [0.1, 0.15) is 0 Å². The van der Waals surface area contributed by atoms with Crippen LogP contribution in [0.5, 0.6) is 0 Å². The molecule has 0 spiro atoms. The van der Waals surface area contributed by atoms with Gasteiger partial charge in [0.15, 0.2) is 5.79 Å². The van der Waals surface area contributed by atoms with E-state index < -0.39 is 0 Å². The fraction of sp³-hybridized carbons (Fsp3) is 1.00. The van der Waals surface area contributed by atoms with E-state index in [1.165, 1.54) is 0 Å². The summed E-state index contributed by atoms with van der Waals surface area (Å²) in [5.41, 5.74) is -0.0434. The van der Waals surface area contributed by atoms with Crippen molar-refractivity contribution in [1.82, 2.24) is 0 Å². The second kappa shape index (κ2) is 2.76. The van der Waals surface area contributed by atoms with Crippen molar-refractivity contribution in [3.05, 3.63) is 0 Å². The third-order valence-corrected chi connectivity index (χ3v) is 2.00. The van der Waals surface area contributed by atoms with Crippen molar-refractivity contribution in [2.45, 2.75) is 51.9 Å². The van der Waals surface area contributed by atoms with Crippen molar-refractivity contribution in [2.75, 3.05) is 6.61 Å². The quantitative estimate of drug-likeness (QED) is 0.614. The van der Waals surface area contributed by atoms with Crippen LogP contribution < -0.4 is 0 Å². The van der Waals surface area contributed by atoms with E-state index in [1.54, 1.807) is 0 Å². The Morgan fingerprint density at radius 2 is 1.91 bits per heavy atom. The molecule has 0 saturated carbocycles. The van der Waals surface area contributed by atoms with E-state index in [-0.39, 0.29) is 11.4 Å². The van der Waals surface area contributed by atoms with Crippen molar-refractivity contribution in [3.63, 3.8) is 0 Å². The fourth-order valence-corrected chi connectivity index (χ4v) is 1.63. The standard InChI is InChI=1S/C9H18O2/c1-5-6-9(4)7-10-8(2,3)11-9/h5-7H2,1-4H3/t9-/m0/s1. The van der Waals surface area contributed by atoms with Crippen LogP contribution in [0.4, 0.5) is 0 Å². The first kappa shape index (κ1) is 9.01. The summed E-state index contributed by atoms with van der Waals surface area (Å²) in [6.45, 7) is 8.95. The first-order chi connectivity index (χ1) is 4.97. The minimum atomic E-state index is -0.371. The summed E-state index contributed by atoms with van der Waals surface area (Å²) in [7, 11) is 0. The normalized spacial score (nSPS) is 36.0. The lowest BCUT2D eigenvalue weighted by Gasteiger charge is -2.24. The highest BCUT2D eigenvalue weighted by Gasteiger charge is 2.40. The molecule has 0 radical (unpaired) electrons. The zero-order valence-corrected chi connectivity index (χ0v) is 7.94. The molecule has 1 fully saturated rings. The van der Waals surface area contributed by atoms with E-state index in [0.717, 1.165) is 19.4 Å². The average Bonchev–Trinajstić information content (AvgIpc) is 2.07. The second-order valence-corrected chi connectivity index (χ2v) is 3.99. The molecule has 66 valence electrons. The molecule has 2 heteroatoms. The largest absolute Gasteiger partial charge is 0.348 e. The van der Waals surface area contributed by atoms with Crippen LogP contribution in [0.3, 0.4) is 0 Å². The number of ether oxygens (including phenoxy) is 2. The highest BCUT2D eigenvalue weighted by Crippen LogP contribution is 2.33. The van der Waals surface area contributed by atoms with Crippen LogP contribution in [-0.2, 0) is 9.47 Å². The molecule has 0 bridgehead atoms. The lowest BCUT2D eigenvalue weighted by Crippen LogP contribution is -2.30. The monoisotopic (exact) mass is 158 g/mol. The number of hydrogen-bond donors (Lipinski definition) is 0. The molecule has 1 saturated heterocycles. The van der Waals surface area contributed by atoms with Crippen LogP contribution >= 0.6 is 0 Å². The first-order valence-corrected chi connectivity index (χ1v) is 4.32. The van der Waals surface area contributed by atoms with Gasteiger partial charge in [0, 0.05) is 0 Å². The second-order valence-electron chi connectivity index (χ2n) is 3.99. The minimum Gasteiger partial charge on any atom is -0.348 e. The smallest absolute Gasteiger partial charge is 0.163 e. The number of hydrogen-bond acceptors (Lipinski definition) is 2. The molecule has 0 N–H and O–H groups in total. The maximum absolute atomic E-state index is 5.75. The van der Waals surface area contributed by atoms with Gasteiger partial charge < -0.3 is 9.47 Å². The van der Waals surface area contributed by atoms with E-state index in [2.05, 4.69) is 13.8 Å². The highest BCUT2D eigenvalue weighted by molar-refractivity contribution is 4.82. The van der Waals surface area contributed by atoms with Crippen LogP contribution in [0.15, 0.2) is 0 Å². The molecule has 0 amide bonds. The first-order valence-electron chi connectivity index (χ1n) is 4.32. The fourth-order valence-electron chi connectivity index (χ4n) is 1.63. The van der Waals surface area contributed by atoms with Crippen LogP contribution in [-0.4, -0.2) is 18.0 Å². The summed E-state index contributed by atoms with van der Waals surface area (Å²) in [5, 5.41) is 0. The molecule has 1 rings (SSSR count).